The number of aromatic nitrogens is 3. The molecule has 3 aromatic rings. The van der Waals surface area contributed by atoms with Gasteiger partial charge >= 0.3 is 0 Å². The van der Waals surface area contributed by atoms with Gasteiger partial charge in [-0.2, -0.15) is 0 Å². The number of carbonyl (C=O) groups excluding carboxylic acids is 1. The molecular weight excluding hydrogens is 332 g/mol. The van der Waals surface area contributed by atoms with Crippen molar-refractivity contribution in [3.8, 4) is 11.4 Å². The molecule has 1 aromatic heterocycles. The first-order valence-corrected chi connectivity index (χ1v) is 8.06. The van der Waals surface area contributed by atoms with Crippen LogP contribution in [0.15, 0.2) is 53.7 Å². The van der Waals surface area contributed by atoms with Gasteiger partial charge in [0.25, 0.3) is 0 Å². The number of carbonyl (C=O) groups is 1. The highest BCUT2D eigenvalue weighted by Crippen LogP contribution is 2.25. The van der Waals surface area contributed by atoms with Crippen molar-refractivity contribution in [2.75, 3.05) is 0 Å². The second-order valence-corrected chi connectivity index (χ2v) is 6.39. The number of thioether (sulfide) groups is 1. The van der Waals surface area contributed by atoms with Gasteiger partial charge in [-0.15, -0.1) is 5.10 Å². The van der Waals surface area contributed by atoms with E-state index in [0.29, 0.717) is 11.0 Å². The molecule has 0 radical (unpaired) electrons. The van der Waals surface area contributed by atoms with Gasteiger partial charge in [0.15, 0.2) is 23.2 Å². The molecule has 1 N–H and O–H groups in total. The molecule has 0 spiro atoms. The van der Waals surface area contributed by atoms with Gasteiger partial charge in [0.05, 0.1) is 5.25 Å². The van der Waals surface area contributed by atoms with E-state index in [-0.39, 0.29) is 11.3 Å². The Morgan fingerprint density at radius 3 is 2.58 bits per heavy atom. The number of Topliss-reactive ketones (excluding diaryl/α,β-unsaturated/α-hetero) is 1. The zero-order valence-electron chi connectivity index (χ0n) is 12.7. The number of hydrogen-bond acceptors (Lipinski definition) is 4. The van der Waals surface area contributed by atoms with Crippen LogP contribution in [0.4, 0.5) is 8.78 Å². The van der Waals surface area contributed by atoms with E-state index in [1.54, 1.807) is 6.92 Å². The van der Waals surface area contributed by atoms with Crippen LogP contribution in [-0.4, -0.2) is 26.2 Å². The number of H-pyrrole nitrogens is 1. The number of benzene rings is 2. The molecule has 0 aliphatic carbocycles. The molecule has 4 nitrogen and oxygen atoms in total. The molecule has 1 heterocycles. The Hall–Kier alpha value is -2.54. The van der Waals surface area contributed by atoms with E-state index in [9.17, 15) is 13.6 Å². The van der Waals surface area contributed by atoms with Crippen LogP contribution in [0.5, 0.6) is 0 Å². The van der Waals surface area contributed by atoms with Gasteiger partial charge in [-0.3, -0.25) is 9.89 Å². The van der Waals surface area contributed by atoms with Crippen LogP contribution >= 0.6 is 11.8 Å². The molecule has 3 rings (SSSR count). The van der Waals surface area contributed by atoms with Crippen molar-refractivity contribution in [3.63, 3.8) is 0 Å². The van der Waals surface area contributed by atoms with Crippen molar-refractivity contribution >= 4 is 17.5 Å². The molecule has 0 unspecified atom stereocenters. The maximum atomic E-state index is 13.3. The van der Waals surface area contributed by atoms with Gasteiger partial charge < -0.3 is 0 Å². The van der Waals surface area contributed by atoms with Crippen molar-refractivity contribution in [2.24, 2.45) is 0 Å². The lowest BCUT2D eigenvalue weighted by Crippen LogP contribution is -2.14. The third kappa shape index (κ3) is 3.51. The summed E-state index contributed by atoms with van der Waals surface area (Å²) in [6.07, 6.45) is 0. The van der Waals surface area contributed by atoms with E-state index < -0.39 is 16.9 Å². The molecule has 0 fully saturated rings. The average molecular weight is 345 g/mol. The van der Waals surface area contributed by atoms with Gasteiger partial charge in [-0.05, 0) is 25.1 Å². The quantitative estimate of drug-likeness (QED) is 0.558. The lowest BCUT2D eigenvalue weighted by molar-refractivity contribution is 0.0993. The standard InChI is InChI=1S/C17H13F2N3OS/c1-10(15(23)12-7-8-13(18)14(19)9-12)24-17-20-16(21-22-17)11-5-3-2-4-6-11/h2-10H,1H3,(H,20,21,22)/t10-/m0/s1. The van der Waals surface area contributed by atoms with Crippen LogP contribution in [0.3, 0.4) is 0 Å². The summed E-state index contributed by atoms with van der Waals surface area (Å²) >= 11 is 1.15. The maximum absolute atomic E-state index is 13.3. The van der Waals surface area contributed by atoms with Crippen molar-refractivity contribution in [2.45, 2.75) is 17.3 Å². The summed E-state index contributed by atoms with van der Waals surface area (Å²) in [5.74, 6) is -1.73. The van der Waals surface area contributed by atoms with E-state index in [4.69, 9.17) is 0 Å². The number of halogens is 2. The number of hydrogen-bond donors (Lipinski definition) is 1. The van der Waals surface area contributed by atoms with Crippen LogP contribution < -0.4 is 0 Å². The Balaban J connectivity index is 1.72. The number of rotatable bonds is 5. The van der Waals surface area contributed by atoms with E-state index in [0.717, 1.165) is 29.5 Å². The molecule has 7 heteroatoms. The fraction of sp³-hybridized carbons (Fsp3) is 0.118. The molecule has 1 atom stereocenters. The first-order valence-electron chi connectivity index (χ1n) is 7.18. The van der Waals surface area contributed by atoms with Gasteiger partial charge in [-0.1, -0.05) is 42.1 Å². The summed E-state index contributed by atoms with van der Waals surface area (Å²) in [6.45, 7) is 1.67. The second kappa shape index (κ2) is 6.92. The van der Waals surface area contributed by atoms with E-state index >= 15 is 0 Å². The molecular formula is C17H13F2N3OS. The Labute approximate surface area is 141 Å². The van der Waals surface area contributed by atoms with Crippen molar-refractivity contribution < 1.29 is 13.6 Å². The lowest BCUT2D eigenvalue weighted by Gasteiger charge is -2.08. The smallest absolute Gasteiger partial charge is 0.209 e. The van der Waals surface area contributed by atoms with Crippen molar-refractivity contribution in [3.05, 3.63) is 65.7 Å². The highest BCUT2D eigenvalue weighted by atomic mass is 32.2. The lowest BCUT2D eigenvalue weighted by atomic mass is 10.1. The largest absolute Gasteiger partial charge is 0.293 e. The molecule has 0 bridgehead atoms. The number of aromatic amines is 1. The minimum Gasteiger partial charge on any atom is -0.293 e. The van der Waals surface area contributed by atoms with Gasteiger partial charge in [0, 0.05) is 11.1 Å². The highest BCUT2D eigenvalue weighted by Gasteiger charge is 2.20. The fourth-order valence-electron chi connectivity index (χ4n) is 2.12. The van der Waals surface area contributed by atoms with E-state index in [1.165, 1.54) is 6.07 Å². The molecule has 0 aliphatic rings. The van der Waals surface area contributed by atoms with Crippen LogP contribution in [-0.2, 0) is 0 Å². The topological polar surface area (TPSA) is 58.6 Å². The minimum absolute atomic E-state index is 0.118. The summed E-state index contributed by atoms with van der Waals surface area (Å²) in [7, 11) is 0. The van der Waals surface area contributed by atoms with Crippen LogP contribution in [0, 0.1) is 11.6 Å². The van der Waals surface area contributed by atoms with E-state index in [2.05, 4.69) is 15.2 Å². The normalized spacial score (nSPS) is 12.1. The summed E-state index contributed by atoms with van der Waals surface area (Å²) in [4.78, 5) is 16.7. The summed E-state index contributed by atoms with van der Waals surface area (Å²) in [5, 5.41) is 6.78. The molecule has 0 amide bonds. The zero-order chi connectivity index (χ0) is 17.1. The second-order valence-electron chi connectivity index (χ2n) is 5.09. The van der Waals surface area contributed by atoms with Gasteiger partial charge in [0.1, 0.15) is 0 Å². The first-order chi connectivity index (χ1) is 11.5. The maximum Gasteiger partial charge on any atom is 0.209 e. The highest BCUT2D eigenvalue weighted by molar-refractivity contribution is 8.00. The molecule has 0 saturated carbocycles. The minimum atomic E-state index is -1.04. The predicted octanol–water partition coefficient (Wildman–Crippen LogP) is 4.11. The molecule has 0 saturated heterocycles. The van der Waals surface area contributed by atoms with Crippen molar-refractivity contribution in [1.82, 2.24) is 15.2 Å². The Morgan fingerprint density at radius 1 is 1.12 bits per heavy atom. The van der Waals surface area contributed by atoms with Crippen LogP contribution in [0.1, 0.15) is 17.3 Å². The van der Waals surface area contributed by atoms with E-state index in [1.807, 2.05) is 30.3 Å². The SMILES string of the molecule is C[C@H](Sc1n[nH]c(-c2ccccc2)n1)C(=O)c1ccc(F)c(F)c1. The average Bonchev–Trinajstić information content (AvgIpc) is 3.06. The Kier molecular flexibility index (Phi) is 4.71. The van der Waals surface area contributed by atoms with Crippen LogP contribution in [0.2, 0.25) is 0 Å². The Bertz CT molecular complexity index is 867. The Morgan fingerprint density at radius 2 is 1.88 bits per heavy atom. The number of nitrogens with zero attached hydrogens (tertiary/aromatic N) is 2. The number of nitrogens with one attached hydrogen (secondary N) is 1. The first kappa shape index (κ1) is 16.3. The number of ketones is 1. The van der Waals surface area contributed by atoms with Gasteiger partial charge in [0.2, 0.25) is 5.16 Å². The molecule has 0 aliphatic heterocycles. The fourth-order valence-corrected chi connectivity index (χ4v) is 2.92. The zero-order valence-corrected chi connectivity index (χ0v) is 13.5. The molecule has 122 valence electrons. The third-order valence-corrected chi connectivity index (χ3v) is 4.33. The summed E-state index contributed by atoms with van der Waals surface area (Å²) in [5.41, 5.74) is 1.00. The summed E-state index contributed by atoms with van der Waals surface area (Å²) < 4.78 is 26.2. The van der Waals surface area contributed by atoms with Gasteiger partial charge in [-0.25, -0.2) is 13.8 Å². The summed E-state index contributed by atoms with van der Waals surface area (Å²) in [6, 6.07) is 12.6. The monoisotopic (exact) mass is 345 g/mol. The van der Waals surface area contributed by atoms with Crippen LogP contribution in [0.25, 0.3) is 11.4 Å². The van der Waals surface area contributed by atoms with Crippen molar-refractivity contribution in [1.29, 1.82) is 0 Å². The third-order valence-electron chi connectivity index (χ3n) is 3.37. The molecule has 24 heavy (non-hydrogen) atoms. The molecule has 2 aromatic carbocycles. The predicted molar refractivity (Wildman–Crippen MR) is 87.8 cm³/mol.